The summed E-state index contributed by atoms with van der Waals surface area (Å²) < 4.78 is 11.0. The maximum absolute atomic E-state index is 12.4. The molecule has 1 aliphatic carbocycles. The predicted octanol–water partition coefficient (Wildman–Crippen LogP) is 3.13. The van der Waals surface area contributed by atoms with Crippen molar-refractivity contribution in [3.63, 3.8) is 0 Å². The van der Waals surface area contributed by atoms with Crippen LogP contribution in [0.1, 0.15) is 45.4 Å². The highest BCUT2D eigenvalue weighted by atomic mass is 16.5. The second-order valence-corrected chi connectivity index (χ2v) is 10.2. The first kappa shape index (κ1) is 27.8. The Hall–Kier alpha value is -2.78. The summed E-state index contributed by atoms with van der Waals surface area (Å²) in [7, 11) is 1.63. The molecule has 9 heteroatoms. The molecule has 0 radical (unpaired) electrons. The molecule has 1 aliphatic heterocycles. The van der Waals surface area contributed by atoms with E-state index in [2.05, 4.69) is 46.3 Å². The van der Waals surface area contributed by atoms with Crippen molar-refractivity contribution in [1.82, 2.24) is 20.9 Å². The molecule has 1 unspecified atom stereocenters. The van der Waals surface area contributed by atoms with Crippen LogP contribution in [0, 0.1) is 11.3 Å². The molecule has 2 aliphatic rings. The number of anilines is 1. The van der Waals surface area contributed by atoms with E-state index in [1.165, 1.54) is 19.3 Å². The van der Waals surface area contributed by atoms with Crippen LogP contribution in [-0.2, 0) is 9.53 Å². The molecule has 1 aromatic rings. The zero-order valence-electron chi connectivity index (χ0n) is 21.8. The van der Waals surface area contributed by atoms with Crippen LogP contribution in [0.3, 0.4) is 0 Å². The minimum absolute atomic E-state index is 0.0211. The molecule has 0 aromatic carbocycles. The molecule has 1 saturated carbocycles. The van der Waals surface area contributed by atoms with Gasteiger partial charge in [-0.3, -0.25) is 4.79 Å². The summed E-state index contributed by atoms with van der Waals surface area (Å²) in [6, 6.07) is 3.87. The lowest BCUT2D eigenvalue weighted by Crippen LogP contribution is -2.39. The van der Waals surface area contributed by atoms with Gasteiger partial charge in [0.25, 0.3) is 0 Å². The molecule has 5 N–H and O–H groups in total. The number of carbonyl (C=O) groups is 1. The number of allylic oxidation sites excluding steroid dienone is 1. The zero-order chi connectivity index (χ0) is 26.0. The SMILES string of the molecule is C=C(O)C(CNC(=C)C1(C)CCCCC1)CNC(=O)CO[C@H]1CN[C@H](CNc2cc(OC)ccn2)C1. The van der Waals surface area contributed by atoms with E-state index in [0.717, 1.165) is 36.5 Å². The summed E-state index contributed by atoms with van der Waals surface area (Å²) in [6.07, 6.45) is 8.44. The van der Waals surface area contributed by atoms with E-state index >= 15 is 0 Å². The van der Waals surface area contributed by atoms with Gasteiger partial charge in [0.1, 0.15) is 18.2 Å². The highest BCUT2D eigenvalue weighted by Crippen LogP contribution is 2.40. The van der Waals surface area contributed by atoms with Crippen LogP contribution in [0.5, 0.6) is 5.75 Å². The second kappa shape index (κ2) is 13.5. The van der Waals surface area contributed by atoms with Gasteiger partial charge in [-0.05, 0) is 25.3 Å². The minimum atomic E-state index is -0.299. The lowest BCUT2D eigenvalue weighted by molar-refractivity contribution is -0.127. The average Bonchev–Trinajstić information content (AvgIpc) is 3.34. The number of nitrogens with zero attached hydrogens (tertiary/aromatic N) is 1. The largest absolute Gasteiger partial charge is 0.513 e. The highest BCUT2D eigenvalue weighted by molar-refractivity contribution is 5.77. The number of nitrogens with one attached hydrogen (secondary N) is 4. The highest BCUT2D eigenvalue weighted by Gasteiger charge is 2.30. The Labute approximate surface area is 215 Å². The van der Waals surface area contributed by atoms with Crippen molar-refractivity contribution in [1.29, 1.82) is 0 Å². The second-order valence-electron chi connectivity index (χ2n) is 10.2. The number of aliphatic hydroxyl groups excluding tert-OH is 1. The van der Waals surface area contributed by atoms with Gasteiger partial charge in [-0.15, -0.1) is 0 Å². The van der Waals surface area contributed by atoms with E-state index in [-0.39, 0.29) is 48.3 Å². The number of amides is 1. The first-order valence-electron chi connectivity index (χ1n) is 13.0. The van der Waals surface area contributed by atoms with Crippen molar-refractivity contribution < 1.29 is 19.4 Å². The Morgan fingerprint density at radius 2 is 2.03 bits per heavy atom. The third-order valence-electron chi connectivity index (χ3n) is 7.39. The van der Waals surface area contributed by atoms with Crippen LogP contribution < -0.4 is 26.0 Å². The molecule has 36 heavy (non-hydrogen) atoms. The number of aromatic nitrogens is 1. The zero-order valence-corrected chi connectivity index (χ0v) is 21.8. The Morgan fingerprint density at radius 3 is 2.75 bits per heavy atom. The fraction of sp³-hybridized carbons (Fsp3) is 0.630. The van der Waals surface area contributed by atoms with Gasteiger partial charge in [0.05, 0.1) is 24.9 Å². The standard InChI is InChI=1S/C27H43N5O4/c1-19(33)21(14-29-20(2)27(3)9-6-5-7-10-27)15-32-26(34)18-36-24-12-22(30-17-24)16-31-25-13-23(35-4)8-11-28-25/h8,11,13,21-22,24,29-30,33H,1-2,5-7,9-10,12,14-18H2,3-4H3,(H,28,31)(H,32,34)/t21?,22-,24+/m0/s1. The Morgan fingerprint density at radius 1 is 1.28 bits per heavy atom. The molecule has 2 heterocycles. The number of methoxy groups -OCH3 is 1. The first-order chi connectivity index (χ1) is 17.3. The number of hydrogen-bond acceptors (Lipinski definition) is 8. The fourth-order valence-electron chi connectivity index (χ4n) is 4.81. The lowest BCUT2D eigenvalue weighted by atomic mass is 9.73. The smallest absolute Gasteiger partial charge is 0.246 e. The fourth-order valence-corrected chi connectivity index (χ4v) is 4.81. The van der Waals surface area contributed by atoms with E-state index in [4.69, 9.17) is 9.47 Å². The monoisotopic (exact) mass is 501 g/mol. The van der Waals surface area contributed by atoms with Gasteiger partial charge in [-0.1, -0.05) is 39.3 Å². The molecule has 1 aromatic heterocycles. The number of hydrogen-bond donors (Lipinski definition) is 5. The quantitative estimate of drug-likeness (QED) is 0.247. The lowest BCUT2D eigenvalue weighted by Gasteiger charge is -2.36. The maximum atomic E-state index is 12.4. The molecule has 2 fully saturated rings. The van der Waals surface area contributed by atoms with E-state index in [0.29, 0.717) is 19.6 Å². The summed E-state index contributed by atoms with van der Waals surface area (Å²) in [6.45, 7) is 12.3. The van der Waals surface area contributed by atoms with Crippen LogP contribution in [-0.4, -0.2) is 68.0 Å². The average molecular weight is 502 g/mol. The van der Waals surface area contributed by atoms with Crippen molar-refractivity contribution in [2.75, 3.05) is 45.2 Å². The number of rotatable bonds is 14. The molecule has 1 amide bonds. The van der Waals surface area contributed by atoms with Gasteiger partial charge in [-0.25, -0.2) is 4.98 Å². The molecular formula is C27H43N5O4. The Balaban J connectivity index is 1.32. The van der Waals surface area contributed by atoms with Gasteiger partial charge in [-0.2, -0.15) is 0 Å². The van der Waals surface area contributed by atoms with Crippen molar-refractivity contribution >= 4 is 11.7 Å². The van der Waals surface area contributed by atoms with Crippen molar-refractivity contribution in [3.8, 4) is 5.75 Å². The molecule has 1 saturated heterocycles. The molecule has 3 atom stereocenters. The third kappa shape index (κ3) is 8.41. The van der Waals surface area contributed by atoms with E-state index < -0.39 is 0 Å². The van der Waals surface area contributed by atoms with Crippen molar-refractivity contribution in [3.05, 3.63) is 42.9 Å². The third-order valence-corrected chi connectivity index (χ3v) is 7.39. The number of aliphatic hydroxyl groups is 1. The van der Waals surface area contributed by atoms with E-state index in [1.807, 2.05) is 6.07 Å². The molecule has 0 spiro atoms. The Bertz CT molecular complexity index is 887. The van der Waals surface area contributed by atoms with Crippen molar-refractivity contribution in [2.45, 2.75) is 57.6 Å². The van der Waals surface area contributed by atoms with Gasteiger partial charge in [0.2, 0.25) is 5.91 Å². The van der Waals surface area contributed by atoms with Gasteiger partial charge < -0.3 is 35.8 Å². The number of carbonyl (C=O) groups excluding carboxylic acids is 1. The minimum Gasteiger partial charge on any atom is -0.513 e. The Kier molecular flexibility index (Phi) is 10.4. The van der Waals surface area contributed by atoms with Gasteiger partial charge >= 0.3 is 0 Å². The topological polar surface area (TPSA) is 117 Å². The molecule has 3 rings (SSSR count). The maximum Gasteiger partial charge on any atom is 0.246 e. The van der Waals surface area contributed by atoms with Crippen LogP contribution in [0.2, 0.25) is 0 Å². The van der Waals surface area contributed by atoms with Crippen LogP contribution in [0.15, 0.2) is 42.9 Å². The summed E-state index contributed by atoms with van der Waals surface area (Å²) in [5.74, 6) is 1.05. The molecular weight excluding hydrogens is 458 g/mol. The first-order valence-corrected chi connectivity index (χ1v) is 13.0. The van der Waals surface area contributed by atoms with Crippen LogP contribution in [0.25, 0.3) is 0 Å². The predicted molar refractivity (Wildman–Crippen MR) is 142 cm³/mol. The van der Waals surface area contributed by atoms with E-state index in [1.54, 1.807) is 19.4 Å². The van der Waals surface area contributed by atoms with Crippen LogP contribution in [0.4, 0.5) is 5.82 Å². The number of pyridine rings is 1. The summed E-state index contributed by atoms with van der Waals surface area (Å²) in [5, 5.41) is 23.0. The van der Waals surface area contributed by atoms with Crippen molar-refractivity contribution in [2.24, 2.45) is 11.3 Å². The van der Waals surface area contributed by atoms with Gasteiger partial charge in [0, 0.05) is 55.6 Å². The number of ether oxygens (including phenoxy) is 2. The van der Waals surface area contributed by atoms with Gasteiger partial charge in [0.15, 0.2) is 0 Å². The molecule has 200 valence electrons. The summed E-state index contributed by atoms with van der Waals surface area (Å²) >= 11 is 0. The molecule has 0 bridgehead atoms. The summed E-state index contributed by atoms with van der Waals surface area (Å²) in [5.41, 5.74) is 1.09. The normalized spacial score (nSPS) is 21.8. The molecule has 9 nitrogen and oxygen atoms in total. The summed E-state index contributed by atoms with van der Waals surface area (Å²) in [4.78, 5) is 16.7. The van der Waals surface area contributed by atoms with E-state index in [9.17, 15) is 9.90 Å². The van der Waals surface area contributed by atoms with Crippen LogP contribution >= 0.6 is 0 Å².